The molecule has 1 heterocycles. The van der Waals surface area contributed by atoms with E-state index in [9.17, 15) is 0 Å². The molecule has 1 atom stereocenters. The van der Waals surface area contributed by atoms with Gasteiger partial charge in [-0.3, -0.25) is 0 Å². The van der Waals surface area contributed by atoms with E-state index in [4.69, 9.17) is 10.5 Å². The van der Waals surface area contributed by atoms with E-state index >= 15 is 0 Å². The highest BCUT2D eigenvalue weighted by atomic mass is 79.9. The van der Waals surface area contributed by atoms with Crippen LogP contribution in [-0.4, -0.2) is 12.1 Å². The summed E-state index contributed by atoms with van der Waals surface area (Å²) in [6, 6.07) is 3.77. The van der Waals surface area contributed by atoms with E-state index in [0.29, 0.717) is 11.8 Å². The van der Waals surface area contributed by atoms with Gasteiger partial charge in [-0.05, 0) is 27.9 Å². The molecular formula is C10H15BrN2O. The average molecular weight is 259 g/mol. The van der Waals surface area contributed by atoms with Crippen molar-refractivity contribution < 1.29 is 4.74 Å². The molecule has 0 aliphatic carbocycles. The van der Waals surface area contributed by atoms with Crippen LogP contribution >= 0.6 is 15.9 Å². The smallest absolute Gasteiger partial charge is 0.214 e. The van der Waals surface area contributed by atoms with Crippen LogP contribution in [0.2, 0.25) is 0 Å². The lowest BCUT2D eigenvalue weighted by atomic mass is 9.99. The van der Waals surface area contributed by atoms with Crippen LogP contribution in [0.1, 0.15) is 25.5 Å². The maximum absolute atomic E-state index is 6.02. The predicted octanol–water partition coefficient (Wildman–Crippen LogP) is 2.51. The highest BCUT2D eigenvalue weighted by molar-refractivity contribution is 9.10. The van der Waals surface area contributed by atoms with Gasteiger partial charge < -0.3 is 10.5 Å². The zero-order valence-electron chi connectivity index (χ0n) is 8.62. The van der Waals surface area contributed by atoms with Crippen LogP contribution in [0, 0.1) is 5.92 Å². The lowest BCUT2D eigenvalue weighted by Crippen LogP contribution is -2.17. The number of hydrogen-bond acceptors (Lipinski definition) is 3. The second-order valence-corrected chi connectivity index (χ2v) is 4.25. The fourth-order valence-corrected chi connectivity index (χ4v) is 1.72. The van der Waals surface area contributed by atoms with Crippen LogP contribution in [0.25, 0.3) is 0 Å². The Morgan fingerprint density at radius 3 is 2.50 bits per heavy atom. The van der Waals surface area contributed by atoms with Crippen LogP contribution in [-0.2, 0) is 0 Å². The Morgan fingerprint density at radius 2 is 2.07 bits per heavy atom. The van der Waals surface area contributed by atoms with Crippen molar-refractivity contribution in [2.24, 2.45) is 11.7 Å². The zero-order valence-corrected chi connectivity index (χ0v) is 10.2. The van der Waals surface area contributed by atoms with Gasteiger partial charge in [-0.25, -0.2) is 4.98 Å². The lowest BCUT2D eigenvalue weighted by molar-refractivity contribution is 0.395. The van der Waals surface area contributed by atoms with Gasteiger partial charge in [0.1, 0.15) is 4.60 Å². The SMILES string of the molecule is COc1ccc([C@H](N)C(C)C)c(Br)n1. The first-order valence-corrected chi connectivity index (χ1v) is 5.31. The molecule has 0 unspecified atom stereocenters. The predicted molar refractivity (Wildman–Crippen MR) is 60.3 cm³/mol. The van der Waals surface area contributed by atoms with Crippen molar-refractivity contribution in [1.29, 1.82) is 0 Å². The molecule has 4 heteroatoms. The van der Waals surface area contributed by atoms with Crippen molar-refractivity contribution in [2.45, 2.75) is 19.9 Å². The lowest BCUT2D eigenvalue weighted by Gasteiger charge is -2.17. The minimum atomic E-state index is 0.00258. The maximum Gasteiger partial charge on any atom is 0.214 e. The summed E-state index contributed by atoms with van der Waals surface area (Å²) in [5.41, 5.74) is 7.03. The molecule has 0 amide bonds. The van der Waals surface area contributed by atoms with Gasteiger partial charge in [-0.2, -0.15) is 0 Å². The van der Waals surface area contributed by atoms with Gasteiger partial charge in [0.05, 0.1) is 7.11 Å². The van der Waals surface area contributed by atoms with Crippen LogP contribution in [0.15, 0.2) is 16.7 Å². The molecule has 0 saturated heterocycles. The van der Waals surface area contributed by atoms with Gasteiger partial charge in [0, 0.05) is 17.7 Å². The number of nitrogens with zero attached hydrogens (tertiary/aromatic N) is 1. The fourth-order valence-electron chi connectivity index (χ4n) is 1.15. The number of methoxy groups -OCH3 is 1. The topological polar surface area (TPSA) is 48.1 Å². The Hall–Kier alpha value is -0.610. The van der Waals surface area contributed by atoms with E-state index in [2.05, 4.69) is 34.8 Å². The number of hydrogen-bond donors (Lipinski definition) is 1. The molecule has 0 fully saturated rings. The van der Waals surface area contributed by atoms with Crippen molar-refractivity contribution in [3.8, 4) is 5.88 Å². The monoisotopic (exact) mass is 258 g/mol. The van der Waals surface area contributed by atoms with Crippen LogP contribution in [0.4, 0.5) is 0 Å². The Labute approximate surface area is 92.8 Å². The Kier molecular flexibility index (Phi) is 3.89. The second kappa shape index (κ2) is 4.75. The molecule has 14 heavy (non-hydrogen) atoms. The van der Waals surface area contributed by atoms with Crippen molar-refractivity contribution in [3.63, 3.8) is 0 Å². The van der Waals surface area contributed by atoms with Gasteiger partial charge >= 0.3 is 0 Å². The summed E-state index contributed by atoms with van der Waals surface area (Å²) in [4.78, 5) is 4.21. The van der Waals surface area contributed by atoms with Gasteiger partial charge in [-0.1, -0.05) is 13.8 Å². The molecular weight excluding hydrogens is 244 g/mol. The largest absolute Gasteiger partial charge is 0.481 e. The Balaban J connectivity index is 2.99. The van der Waals surface area contributed by atoms with Gasteiger partial charge in [0.15, 0.2) is 0 Å². The Morgan fingerprint density at radius 1 is 1.43 bits per heavy atom. The fraction of sp³-hybridized carbons (Fsp3) is 0.500. The number of aromatic nitrogens is 1. The van der Waals surface area contributed by atoms with E-state index in [1.165, 1.54) is 0 Å². The highest BCUT2D eigenvalue weighted by Gasteiger charge is 2.14. The molecule has 2 N–H and O–H groups in total. The number of rotatable bonds is 3. The molecule has 0 aliphatic heterocycles. The standard InChI is InChI=1S/C10H15BrN2O/c1-6(2)9(12)7-4-5-8(14-3)13-10(7)11/h4-6,9H,12H2,1-3H3/t9-/m1/s1. The molecule has 1 aromatic rings. The summed E-state index contributed by atoms with van der Waals surface area (Å²) < 4.78 is 5.77. The quantitative estimate of drug-likeness (QED) is 0.848. The first kappa shape index (κ1) is 11.5. The third-order valence-electron chi connectivity index (χ3n) is 2.14. The maximum atomic E-state index is 6.02. The number of pyridine rings is 1. The summed E-state index contributed by atoms with van der Waals surface area (Å²) >= 11 is 3.39. The van der Waals surface area contributed by atoms with Crippen molar-refractivity contribution >= 4 is 15.9 Å². The number of ether oxygens (including phenoxy) is 1. The average Bonchev–Trinajstić information content (AvgIpc) is 2.16. The molecule has 78 valence electrons. The number of nitrogens with two attached hydrogens (primary N) is 1. The van der Waals surface area contributed by atoms with Crippen molar-refractivity contribution in [1.82, 2.24) is 4.98 Å². The molecule has 0 bridgehead atoms. The summed E-state index contributed by atoms with van der Waals surface area (Å²) in [5, 5.41) is 0. The first-order valence-electron chi connectivity index (χ1n) is 4.52. The molecule has 3 nitrogen and oxygen atoms in total. The molecule has 0 spiro atoms. The zero-order chi connectivity index (χ0) is 10.7. The van der Waals surface area contributed by atoms with E-state index in [0.717, 1.165) is 10.2 Å². The summed E-state index contributed by atoms with van der Waals surface area (Å²) in [6.07, 6.45) is 0. The van der Waals surface area contributed by atoms with Crippen LogP contribution in [0.3, 0.4) is 0 Å². The summed E-state index contributed by atoms with van der Waals surface area (Å²) in [6.45, 7) is 4.17. The van der Waals surface area contributed by atoms with E-state index < -0.39 is 0 Å². The Bertz CT molecular complexity index is 315. The second-order valence-electron chi connectivity index (χ2n) is 3.50. The molecule has 0 radical (unpaired) electrons. The molecule has 1 aromatic heterocycles. The minimum absolute atomic E-state index is 0.00258. The van der Waals surface area contributed by atoms with Crippen LogP contribution in [0.5, 0.6) is 5.88 Å². The van der Waals surface area contributed by atoms with E-state index in [-0.39, 0.29) is 6.04 Å². The van der Waals surface area contributed by atoms with Gasteiger partial charge in [0.2, 0.25) is 5.88 Å². The van der Waals surface area contributed by atoms with Crippen molar-refractivity contribution in [3.05, 3.63) is 22.3 Å². The normalized spacial score (nSPS) is 13.0. The highest BCUT2D eigenvalue weighted by Crippen LogP contribution is 2.26. The van der Waals surface area contributed by atoms with Crippen LogP contribution < -0.4 is 10.5 Å². The van der Waals surface area contributed by atoms with Gasteiger partial charge in [0.25, 0.3) is 0 Å². The van der Waals surface area contributed by atoms with Crippen molar-refractivity contribution in [2.75, 3.05) is 7.11 Å². The third-order valence-corrected chi connectivity index (χ3v) is 2.77. The summed E-state index contributed by atoms with van der Waals surface area (Å²) in [5.74, 6) is 0.984. The number of halogens is 1. The molecule has 0 aromatic carbocycles. The third kappa shape index (κ3) is 2.45. The summed E-state index contributed by atoms with van der Waals surface area (Å²) in [7, 11) is 1.59. The minimum Gasteiger partial charge on any atom is -0.481 e. The molecule has 0 saturated carbocycles. The molecule has 0 aliphatic rings. The van der Waals surface area contributed by atoms with E-state index in [1.54, 1.807) is 7.11 Å². The van der Waals surface area contributed by atoms with Gasteiger partial charge in [-0.15, -0.1) is 0 Å². The first-order chi connectivity index (χ1) is 6.56. The van der Waals surface area contributed by atoms with E-state index in [1.807, 2.05) is 12.1 Å². The molecule has 1 rings (SSSR count).